The molecule has 1 fully saturated rings. The number of rotatable bonds is 4. The number of allylic oxidation sites excluding steroid dienone is 4. The van der Waals surface area contributed by atoms with Gasteiger partial charge in [-0.15, -0.1) is 0 Å². The van der Waals surface area contributed by atoms with Crippen molar-refractivity contribution in [1.82, 2.24) is 5.32 Å². The lowest BCUT2D eigenvalue weighted by atomic mass is 9.95. The van der Waals surface area contributed by atoms with E-state index in [2.05, 4.69) is 50.4 Å². The van der Waals surface area contributed by atoms with Crippen molar-refractivity contribution < 1.29 is 4.74 Å². The van der Waals surface area contributed by atoms with Crippen LogP contribution in [-0.4, -0.2) is 25.3 Å². The number of hydrogen-bond acceptors (Lipinski definition) is 2. The summed E-state index contributed by atoms with van der Waals surface area (Å²) < 4.78 is 6.15. The van der Waals surface area contributed by atoms with Crippen molar-refractivity contribution in [2.24, 2.45) is 5.92 Å². The molecular weight excluding hydrogens is 234 g/mol. The summed E-state index contributed by atoms with van der Waals surface area (Å²) in [5.41, 5.74) is 2.39. The molecular formula is C17H27NO. The lowest BCUT2D eigenvalue weighted by Crippen LogP contribution is -2.30. The van der Waals surface area contributed by atoms with Gasteiger partial charge >= 0.3 is 0 Å². The zero-order valence-electron chi connectivity index (χ0n) is 12.5. The third-order valence-electron chi connectivity index (χ3n) is 4.30. The Kier molecular flexibility index (Phi) is 5.00. The molecule has 0 aromatic carbocycles. The highest BCUT2D eigenvalue weighted by Gasteiger charge is 2.21. The van der Waals surface area contributed by atoms with Crippen LogP contribution in [0, 0.1) is 5.92 Å². The van der Waals surface area contributed by atoms with E-state index >= 15 is 0 Å². The van der Waals surface area contributed by atoms with Gasteiger partial charge < -0.3 is 10.1 Å². The van der Waals surface area contributed by atoms with Gasteiger partial charge in [0, 0.05) is 6.61 Å². The monoisotopic (exact) mass is 261 g/mol. The van der Waals surface area contributed by atoms with E-state index in [9.17, 15) is 0 Å². The number of piperidine rings is 1. The summed E-state index contributed by atoms with van der Waals surface area (Å²) in [5.74, 6) is 0.838. The van der Waals surface area contributed by atoms with Gasteiger partial charge in [-0.1, -0.05) is 12.2 Å². The van der Waals surface area contributed by atoms with E-state index in [0.717, 1.165) is 12.5 Å². The van der Waals surface area contributed by atoms with Crippen LogP contribution in [-0.2, 0) is 4.74 Å². The topological polar surface area (TPSA) is 21.3 Å². The molecule has 0 aromatic rings. The van der Waals surface area contributed by atoms with Crippen molar-refractivity contribution >= 4 is 0 Å². The molecule has 1 aliphatic heterocycles. The fraction of sp³-hybridized carbons (Fsp3) is 0.647. The largest absolute Gasteiger partial charge is 0.367 e. The summed E-state index contributed by atoms with van der Waals surface area (Å²) in [5, 5.41) is 3.41. The SMILES string of the molecule is CC1=CC=CC(C)(OCCC2CCNCC2)C=C1C. The third-order valence-corrected chi connectivity index (χ3v) is 4.30. The smallest absolute Gasteiger partial charge is 0.102 e. The highest BCUT2D eigenvalue weighted by Crippen LogP contribution is 2.25. The summed E-state index contributed by atoms with van der Waals surface area (Å²) in [6.45, 7) is 9.66. The fourth-order valence-electron chi connectivity index (χ4n) is 2.81. The lowest BCUT2D eigenvalue weighted by molar-refractivity contribution is 0.0305. The zero-order valence-corrected chi connectivity index (χ0v) is 12.5. The van der Waals surface area contributed by atoms with Gasteiger partial charge in [0.25, 0.3) is 0 Å². The minimum atomic E-state index is -0.245. The van der Waals surface area contributed by atoms with Gasteiger partial charge in [0.15, 0.2) is 0 Å². The van der Waals surface area contributed by atoms with Crippen LogP contribution in [0.2, 0.25) is 0 Å². The molecule has 0 amide bonds. The Morgan fingerprint density at radius 3 is 2.74 bits per heavy atom. The second-order valence-corrected chi connectivity index (χ2v) is 6.05. The van der Waals surface area contributed by atoms with Gasteiger partial charge in [0.2, 0.25) is 0 Å². The van der Waals surface area contributed by atoms with Crippen molar-refractivity contribution in [1.29, 1.82) is 0 Å². The summed E-state index contributed by atoms with van der Waals surface area (Å²) in [6, 6.07) is 0. The van der Waals surface area contributed by atoms with Crippen molar-refractivity contribution in [2.75, 3.05) is 19.7 Å². The zero-order chi connectivity index (χ0) is 13.7. The van der Waals surface area contributed by atoms with E-state index in [1.165, 1.54) is 43.5 Å². The lowest BCUT2D eigenvalue weighted by Gasteiger charge is -2.27. The average molecular weight is 261 g/mol. The molecule has 1 atom stereocenters. The molecule has 0 aromatic heterocycles. The first-order chi connectivity index (χ1) is 9.09. The van der Waals surface area contributed by atoms with Crippen LogP contribution in [0.1, 0.15) is 40.0 Å². The van der Waals surface area contributed by atoms with Gasteiger partial charge in [-0.2, -0.15) is 0 Å². The van der Waals surface area contributed by atoms with E-state index in [1.807, 2.05) is 0 Å². The summed E-state index contributed by atoms with van der Waals surface area (Å²) in [7, 11) is 0. The molecule has 106 valence electrons. The van der Waals surface area contributed by atoms with E-state index in [0.29, 0.717) is 0 Å². The number of nitrogens with one attached hydrogen (secondary N) is 1. The fourth-order valence-corrected chi connectivity index (χ4v) is 2.81. The second kappa shape index (κ2) is 6.53. The van der Waals surface area contributed by atoms with E-state index in [1.54, 1.807) is 0 Å². The van der Waals surface area contributed by atoms with E-state index < -0.39 is 0 Å². The van der Waals surface area contributed by atoms with Crippen LogP contribution in [0.5, 0.6) is 0 Å². The van der Waals surface area contributed by atoms with Crippen LogP contribution in [0.15, 0.2) is 35.5 Å². The van der Waals surface area contributed by atoms with Gasteiger partial charge in [-0.05, 0) is 82.3 Å². The Morgan fingerprint density at radius 2 is 2.00 bits per heavy atom. The number of hydrogen-bond donors (Lipinski definition) is 1. The molecule has 1 heterocycles. The molecule has 0 bridgehead atoms. The predicted octanol–water partition coefficient (Wildman–Crippen LogP) is 3.61. The number of ether oxygens (including phenoxy) is 1. The Balaban J connectivity index is 1.84. The van der Waals surface area contributed by atoms with Crippen molar-refractivity contribution in [2.45, 2.75) is 45.6 Å². The Hall–Kier alpha value is -0.860. The van der Waals surface area contributed by atoms with Gasteiger partial charge in [-0.25, -0.2) is 0 Å². The average Bonchev–Trinajstić information content (AvgIpc) is 2.51. The van der Waals surface area contributed by atoms with Crippen LogP contribution >= 0.6 is 0 Å². The van der Waals surface area contributed by atoms with Crippen molar-refractivity contribution in [3.8, 4) is 0 Å². The molecule has 0 radical (unpaired) electrons. The maximum absolute atomic E-state index is 6.15. The molecule has 1 unspecified atom stereocenters. The molecule has 0 spiro atoms. The molecule has 2 heteroatoms. The maximum atomic E-state index is 6.15. The van der Waals surface area contributed by atoms with Crippen LogP contribution in [0.25, 0.3) is 0 Å². The normalized spacial score (nSPS) is 28.8. The second-order valence-electron chi connectivity index (χ2n) is 6.05. The van der Waals surface area contributed by atoms with Crippen LogP contribution in [0.4, 0.5) is 0 Å². The standard InChI is InChI=1S/C17H27NO/c1-14-5-4-9-17(3,13-15(14)2)19-12-8-16-6-10-18-11-7-16/h4-5,9,13,16,18H,6-8,10-12H2,1-3H3. The predicted molar refractivity (Wildman–Crippen MR) is 81.2 cm³/mol. The van der Waals surface area contributed by atoms with Gasteiger partial charge in [-0.3, -0.25) is 0 Å². The first-order valence-corrected chi connectivity index (χ1v) is 7.50. The van der Waals surface area contributed by atoms with E-state index in [-0.39, 0.29) is 5.60 Å². The molecule has 2 nitrogen and oxygen atoms in total. The molecule has 0 saturated carbocycles. The first-order valence-electron chi connectivity index (χ1n) is 7.50. The molecule has 2 rings (SSSR count). The summed E-state index contributed by atoms with van der Waals surface area (Å²) >= 11 is 0. The quantitative estimate of drug-likeness (QED) is 0.834. The van der Waals surface area contributed by atoms with Gasteiger partial charge in [0.1, 0.15) is 5.60 Å². The molecule has 1 N–H and O–H groups in total. The summed E-state index contributed by atoms with van der Waals surface area (Å²) in [4.78, 5) is 0. The molecule has 1 saturated heterocycles. The molecule has 2 aliphatic rings. The van der Waals surface area contributed by atoms with Gasteiger partial charge in [0.05, 0.1) is 0 Å². The molecule has 1 aliphatic carbocycles. The summed E-state index contributed by atoms with van der Waals surface area (Å²) in [6.07, 6.45) is 12.5. The Morgan fingerprint density at radius 1 is 1.26 bits per heavy atom. The minimum absolute atomic E-state index is 0.245. The maximum Gasteiger partial charge on any atom is 0.102 e. The van der Waals surface area contributed by atoms with E-state index in [4.69, 9.17) is 4.74 Å². The minimum Gasteiger partial charge on any atom is -0.367 e. The van der Waals surface area contributed by atoms with Crippen LogP contribution < -0.4 is 5.32 Å². The van der Waals surface area contributed by atoms with Crippen molar-refractivity contribution in [3.63, 3.8) is 0 Å². The van der Waals surface area contributed by atoms with Crippen molar-refractivity contribution in [3.05, 3.63) is 35.5 Å². The third kappa shape index (κ3) is 4.32. The highest BCUT2D eigenvalue weighted by atomic mass is 16.5. The molecule has 19 heavy (non-hydrogen) atoms. The van der Waals surface area contributed by atoms with Crippen LogP contribution in [0.3, 0.4) is 0 Å². The first kappa shape index (κ1) is 14.5. The Bertz CT molecular complexity index is 388. The Labute approximate surface area is 117 Å². The highest BCUT2D eigenvalue weighted by molar-refractivity contribution is 5.37.